The molecule has 0 amide bonds. The number of rotatable bonds is 4. The third-order valence-electron chi connectivity index (χ3n) is 5.02. The third-order valence-corrected chi connectivity index (χ3v) is 5.02. The van der Waals surface area contributed by atoms with Crippen LogP contribution in [0.5, 0.6) is 5.88 Å². The van der Waals surface area contributed by atoms with E-state index in [1.54, 1.807) is 17.8 Å². The highest BCUT2D eigenvalue weighted by atomic mass is 16.5. The third kappa shape index (κ3) is 3.40. The van der Waals surface area contributed by atoms with Crippen LogP contribution < -0.4 is 9.64 Å². The fraction of sp³-hybridized carbons (Fsp3) is 0.227. The zero-order valence-corrected chi connectivity index (χ0v) is 16.1. The lowest BCUT2D eigenvalue weighted by Gasteiger charge is -2.29. The average molecular weight is 386 g/mol. The Kier molecular flexibility index (Phi) is 4.57. The minimum absolute atomic E-state index is 0.581. The summed E-state index contributed by atoms with van der Waals surface area (Å²) in [6, 6.07) is 17.2. The summed E-state index contributed by atoms with van der Waals surface area (Å²) in [5.74, 6) is 1.23. The lowest BCUT2D eigenvalue weighted by atomic mass is 10.1. The van der Waals surface area contributed by atoms with Crippen LogP contribution in [0.4, 0.5) is 5.69 Å². The summed E-state index contributed by atoms with van der Waals surface area (Å²) < 4.78 is 12.4. The van der Waals surface area contributed by atoms with Gasteiger partial charge in [0.1, 0.15) is 0 Å². The molecule has 0 N–H and O–H groups in total. The molecule has 5 rings (SSSR count). The van der Waals surface area contributed by atoms with Gasteiger partial charge in [0, 0.05) is 53.9 Å². The summed E-state index contributed by atoms with van der Waals surface area (Å²) in [4.78, 5) is 11.4. The van der Waals surface area contributed by atoms with E-state index in [0.29, 0.717) is 11.7 Å². The van der Waals surface area contributed by atoms with Gasteiger partial charge >= 0.3 is 0 Å². The summed E-state index contributed by atoms with van der Waals surface area (Å²) in [6.07, 6.45) is 3.69. The molecule has 1 saturated heterocycles. The van der Waals surface area contributed by atoms with Crippen molar-refractivity contribution in [1.82, 2.24) is 19.6 Å². The Bertz CT molecular complexity index is 1130. The highest BCUT2D eigenvalue weighted by Gasteiger charge is 2.15. The van der Waals surface area contributed by atoms with Crippen molar-refractivity contribution in [3.8, 4) is 28.4 Å². The number of fused-ring (bicyclic) bond motifs is 1. The van der Waals surface area contributed by atoms with Crippen LogP contribution in [0.2, 0.25) is 0 Å². The molecule has 1 aromatic carbocycles. The molecule has 1 fully saturated rings. The first-order valence-corrected chi connectivity index (χ1v) is 9.52. The first-order chi connectivity index (χ1) is 14.3. The van der Waals surface area contributed by atoms with Crippen molar-refractivity contribution in [2.75, 3.05) is 38.3 Å². The van der Waals surface area contributed by atoms with Gasteiger partial charge in [-0.25, -0.2) is 14.5 Å². The van der Waals surface area contributed by atoms with Gasteiger partial charge < -0.3 is 14.4 Å². The number of ether oxygens (including phenoxy) is 2. The molecule has 0 bridgehead atoms. The number of aromatic nitrogens is 4. The van der Waals surface area contributed by atoms with Gasteiger partial charge in [-0.3, -0.25) is 0 Å². The van der Waals surface area contributed by atoms with Gasteiger partial charge in [-0.1, -0.05) is 6.07 Å². The van der Waals surface area contributed by atoms with E-state index in [1.165, 1.54) is 0 Å². The van der Waals surface area contributed by atoms with Crippen LogP contribution in [-0.2, 0) is 4.74 Å². The lowest BCUT2D eigenvalue weighted by molar-refractivity contribution is 0.122. The molecule has 0 saturated carbocycles. The molecule has 0 spiro atoms. The largest absolute Gasteiger partial charge is 0.481 e. The van der Waals surface area contributed by atoms with E-state index in [0.717, 1.165) is 54.3 Å². The Balaban J connectivity index is 1.53. The fourth-order valence-electron chi connectivity index (χ4n) is 3.51. The highest BCUT2D eigenvalue weighted by molar-refractivity contribution is 5.78. The molecular formula is C22H20N5O2. The Morgan fingerprint density at radius 2 is 2.03 bits per heavy atom. The predicted octanol–water partition coefficient (Wildman–Crippen LogP) is 3.10. The zero-order valence-electron chi connectivity index (χ0n) is 16.1. The molecule has 29 heavy (non-hydrogen) atoms. The van der Waals surface area contributed by atoms with Crippen LogP contribution in [0.25, 0.3) is 28.2 Å². The highest BCUT2D eigenvalue weighted by Crippen LogP contribution is 2.27. The summed E-state index contributed by atoms with van der Waals surface area (Å²) in [5.41, 5.74) is 4.71. The minimum Gasteiger partial charge on any atom is -0.481 e. The monoisotopic (exact) mass is 386 g/mol. The molecule has 1 radical (unpaired) electrons. The standard InChI is InChI=1S/C22H20N5O2/c1-28-20-8-7-17(15-23-20)19-6-3-9-27-22(19)24-21(25-27)16-4-2-5-18(14-16)26-10-12-29-13-11-26/h2-3,5-9,14-15H,10-13H2,1H3. The van der Waals surface area contributed by atoms with Crippen LogP contribution in [-0.4, -0.2) is 53.0 Å². The number of methoxy groups -OCH3 is 1. The van der Waals surface area contributed by atoms with E-state index in [-0.39, 0.29) is 0 Å². The van der Waals surface area contributed by atoms with Crippen molar-refractivity contribution >= 4 is 11.3 Å². The van der Waals surface area contributed by atoms with Gasteiger partial charge in [-0.2, -0.15) is 0 Å². The molecule has 4 heterocycles. The van der Waals surface area contributed by atoms with E-state index in [9.17, 15) is 0 Å². The lowest BCUT2D eigenvalue weighted by Crippen LogP contribution is -2.36. The van der Waals surface area contributed by atoms with Crippen molar-refractivity contribution < 1.29 is 9.47 Å². The molecule has 0 unspecified atom stereocenters. The molecule has 0 atom stereocenters. The number of nitrogens with zero attached hydrogens (tertiary/aromatic N) is 5. The number of morpholine rings is 1. The zero-order chi connectivity index (χ0) is 19.6. The number of benzene rings is 1. The Labute approximate surface area is 168 Å². The van der Waals surface area contributed by atoms with Gasteiger partial charge in [-0.15, -0.1) is 5.10 Å². The van der Waals surface area contributed by atoms with Crippen LogP contribution >= 0.6 is 0 Å². The summed E-state index contributed by atoms with van der Waals surface area (Å²) in [5, 5.41) is 4.68. The first kappa shape index (κ1) is 17.6. The predicted molar refractivity (Wildman–Crippen MR) is 110 cm³/mol. The molecule has 3 aromatic heterocycles. The maximum absolute atomic E-state index is 5.46. The number of anilines is 1. The van der Waals surface area contributed by atoms with Gasteiger partial charge in [0.2, 0.25) is 5.88 Å². The van der Waals surface area contributed by atoms with Crippen molar-refractivity contribution in [2.24, 2.45) is 0 Å². The van der Waals surface area contributed by atoms with Crippen LogP contribution in [0.15, 0.2) is 54.9 Å². The van der Waals surface area contributed by atoms with E-state index < -0.39 is 0 Å². The topological polar surface area (TPSA) is 64.8 Å². The Hall–Kier alpha value is -3.45. The minimum atomic E-state index is 0.581. The van der Waals surface area contributed by atoms with Gasteiger partial charge in [0.05, 0.1) is 20.3 Å². The quantitative estimate of drug-likeness (QED) is 0.537. The average Bonchev–Trinajstić information content (AvgIpc) is 3.24. The second-order valence-corrected chi connectivity index (χ2v) is 6.77. The SMILES string of the molecule is COc1ccc(-c2cccn3nc(-c4[c]ccc(N5CCOCC5)c4)nc23)cn1. The van der Waals surface area contributed by atoms with E-state index in [4.69, 9.17) is 14.5 Å². The molecule has 7 heteroatoms. The van der Waals surface area contributed by atoms with Crippen molar-refractivity contribution in [1.29, 1.82) is 0 Å². The molecule has 0 aliphatic carbocycles. The number of hydrogen-bond donors (Lipinski definition) is 0. The van der Waals surface area contributed by atoms with Crippen molar-refractivity contribution in [3.05, 3.63) is 60.9 Å². The Morgan fingerprint density at radius 1 is 1.14 bits per heavy atom. The summed E-state index contributed by atoms with van der Waals surface area (Å²) in [6.45, 7) is 3.27. The summed E-state index contributed by atoms with van der Waals surface area (Å²) >= 11 is 0. The van der Waals surface area contributed by atoms with E-state index >= 15 is 0 Å². The van der Waals surface area contributed by atoms with Crippen LogP contribution in [0.1, 0.15) is 0 Å². The maximum atomic E-state index is 5.46. The van der Waals surface area contributed by atoms with E-state index in [2.05, 4.69) is 33.2 Å². The van der Waals surface area contributed by atoms with Crippen molar-refractivity contribution in [3.63, 3.8) is 0 Å². The molecule has 145 valence electrons. The Morgan fingerprint density at radius 3 is 2.83 bits per heavy atom. The molecule has 4 aromatic rings. The van der Waals surface area contributed by atoms with Crippen LogP contribution in [0, 0.1) is 6.07 Å². The van der Waals surface area contributed by atoms with Crippen molar-refractivity contribution in [2.45, 2.75) is 0 Å². The maximum Gasteiger partial charge on any atom is 0.212 e. The van der Waals surface area contributed by atoms with Gasteiger partial charge in [0.25, 0.3) is 0 Å². The smallest absolute Gasteiger partial charge is 0.212 e. The number of pyridine rings is 2. The normalized spacial score (nSPS) is 14.3. The molecule has 1 aliphatic heterocycles. The first-order valence-electron chi connectivity index (χ1n) is 9.52. The van der Waals surface area contributed by atoms with Gasteiger partial charge in [-0.05, 0) is 36.4 Å². The van der Waals surface area contributed by atoms with Crippen LogP contribution in [0.3, 0.4) is 0 Å². The second-order valence-electron chi connectivity index (χ2n) is 6.77. The molecule has 1 aliphatic rings. The molecule has 7 nitrogen and oxygen atoms in total. The number of hydrogen-bond acceptors (Lipinski definition) is 6. The summed E-state index contributed by atoms with van der Waals surface area (Å²) in [7, 11) is 1.61. The van der Waals surface area contributed by atoms with Gasteiger partial charge in [0.15, 0.2) is 11.5 Å². The second kappa shape index (κ2) is 7.52. The molecular weight excluding hydrogens is 366 g/mol. The van der Waals surface area contributed by atoms with E-state index in [1.807, 2.05) is 36.5 Å². The fourth-order valence-corrected chi connectivity index (χ4v) is 3.51.